The second kappa shape index (κ2) is 5.85. The molecule has 0 saturated carbocycles. The molecule has 0 aromatic heterocycles. The summed E-state index contributed by atoms with van der Waals surface area (Å²) in [5, 5.41) is 3.46. The number of nitrogens with one attached hydrogen (secondary N) is 1. The van der Waals surface area contributed by atoms with E-state index < -0.39 is 0 Å². The van der Waals surface area contributed by atoms with Gasteiger partial charge >= 0.3 is 0 Å². The molecule has 2 aliphatic heterocycles. The molecular formula is C14H26N2O. The van der Waals surface area contributed by atoms with E-state index in [-0.39, 0.29) is 0 Å². The van der Waals surface area contributed by atoms with Crippen molar-refractivity contribution in [1.82, 2.24) is 10.2 Å². The fourth-order valence-electron chi connectivity index (χ4n) is 3.41. The molecule has 17 heavy (non-hydrogen) atoms. The van der Waals surface area contributed by atoms with Crippen LogP contribution >= 0.6 is 0 Å². The molecule has 0 bridgehead atoms. The Morgan fingerprint density at radius 2 is 2.29 bits per heavy atom. The van der Waals surface area contributed by atoms with Crippen molar-refractivity contribution >= 4 is 5.91 Å². The van der Waals surface area contributed by atoms with Crippen LogP contribution in [0.1, 0.15) is 46.0 Å². The Bertz CT molecular complexity index is 267. The second-order valence-corrected chi connectivity index (χ2v) is 5.80. The first-order valence-electron chi connectivity index (χ1n) is 7.22. The van der Waals surface area contributed by atoms with E-state index in [9.17, 15) is 4.79 Å². The van der Waals surface area contributed by atoms with Gasteiger partial charge in [-0.3, -0.25) is 4.79 Å². The van der Waals surface area contributed by atoms with E-state index in [1.807, 2.05) is 0 Å². The number of hydrogen-bond acceptors (Lipinski definition) is 2. The Hall–Kier alpha value is -0.570. The molecule has 2 fully saturated rings. The zero-order valence-electron chi connectivity index (χ0n) is 11.2. The van der Waals surface area contributed by atoms with Gasteiger partial charge in [-0.1, -0.05) is 20.3 Å². The van der Waals surface area contributed by atoms with Crippen molar-refractivity contribution in [3.63, 3.8) is 0 Å². The first kappa shape index (κ1) is 12.9. The molecule has 0 spiro atoms. The largest absolute Gasteiger partial charge is 0.339 e. The summed E-state index contributed by atoms with van der Waals surface area (Å²) in [5.41, 5.74) is 0. The predicted octanol–water partition coefficient (Wildman–Crippen LogP) is 2.02. The smallest absolute Gasteiger partial charge is 0.222 e. The van der Waals surface area contributed by atoms with Crippen molar-refractivity contribution in [3.8, 4) is 0 Å². The van der Waals surface area contributed by atoms with Crippen LogP contribution in [0.15, 0.2) is 0 Å². The van der Waals surface area contributed by atoms with Gasteiger partial charge in [0.2, 0.25) is 5.91 Å². The lowest BCUT2D eigenvalue weighted by Gasteiger charge is -2.45. The Labute approximate surface area is 105 Å². The number of fused-ring (bicyclic) bond motifs is 1. The number of carbonyl (C=O) groups is 1. The third-order valence-electron chi connectivity index (χ3n) is 4.31. The quantitative estimate of drug-likeness (QED) is 0.812. The Morgan fingerprint density at radius 3 is 3.06 bits per heavy atom. The number of amides is 1. The molecule has 1 amide bonds. The lowest BCUT2D eigenvalue weighted by Crippen LogP contribution is -2.55. The molecule has 0 aliphatic carbocycles. The highest BCUT2D eigenvalue weighted by molar-refractivity contribution is 5.77. The normalized spacial score (nSPS) is 31.2. The Balaban J connectivity index is 1.98. The fourth-order valence-corrected chi connectivity index (χ4v) is 3.41. The lowest BCUT2D eigenvalue weighted by molar-refractivity contribution is -0.140. The standard InChI is InChI=1S/C14H26N2O/c1-3-4-11(2)10-16-13-7-8-15-9-12(13)5-6-14(16)17/h11-13,15H,3-10H2,1-2H3. The summed E-state index contributed by atoms with van der Waals surface area (Å²) in [6.45, 7) is 7.67. The lowest BCUT2D eigenvalue weighted by atomic mass is 9.83. The van der Waals surface area contributed by atoms with Gasteiger partial charge in [-0.15, -0.1) is 0 Å². The van der Waals surface area contributed by atoms with E-state index in [4.69, 9.17) is 0 Å². The molecule has 2 heterocycles. The zero-order valence-corrected chi connectivity index (χ0v) is 11.2. The third-order valence-corrected chi connectivity index (χ3v) is 4.31. The van der Waals surface area contributed by atoms with Crippen LogP contribution < -0.4 is 5.32 Å². The van der Waals surface area contributed by atoms with E-state index in [1.54, 1.807) is 0 Å². The Morgan fingerprint density at radius 1 is 1.47 bits per heavy atom. The van der Waals surface area contributed by atoms with Gasteiger partial charge < -0.3 is 10.2 Å². The Kier molecular flexibility index (Phi) is 4.43. The van der Waals surface area contributed by atoms with Gasteiger partial charge in [0, 0.05) is 19.0 Å². The third kappa shape index (κ3) is 3.01. The number of hydrogen-bond donors (Lipinski definition) is 1. The molecule has 2 aliphatic rings. The van der Waals surface area contributed by atoms with Crippen LogP contribution in [-0.4, -0.2) is 36.5 Å². The van der Waals surface area contributed by atoms with Gasteiger partial charge in [0.1, 0.15) is 0 Å². The van der Waals surface area contributed by atoms with Crippen molar-refractivity contribution in [2.75, 3.05) is 19.6 Å². The molecule has 3 unspecified atom stereocenters. The predicted molar refractivity (Wildman–Crippen MR) is 69.8 cm³/mol. The van der Waals surface area contributed by atoms with Crippen LogP contribution in [0.4, 0.5) is 0 Å². The summed E-state index contributed by atoms with van der Waals surface area (Å²) in [7, 11) is 0. The number of nitrogens with zero attached hydrogens (tertiary/aromatic N) is 1. The van der Waals surface area contributed by atoms with E-state index in [2.05, 4.69) is 24.1 Å². The van der Waals surface area contributed by atoms with Gasteiger partial charge in [0.15, 0.2) is 0 Å². The van der Waals surface area contributed by atoms with Gasteiger partial charge in [-0.2, -0.15) is 0 Å². The molecular weight excluding hydrogens is 212 g/mol. The van der Waals surface area contributed by atoms with Crippen molar-refractivity contribution in [3.05, 3.63) is 0 Å². The minimum atomic E-state index is 0.399. The highest BCUT2D eigenvalue weighted by Gasteiger charge is 2.37. The van der Waals surface area contributed by atoms with E-state index in [1.165, 1.54) is 12.8 Å². The summed E-state index contributed by atoms with van der Waals surface area (Å²) in [5.74, 6) is 1.75. The molecule has 1 N–H and O–H groups in total. The molecule has 3 atom stereocenters. The summed E-state index contributed by atoms with van der Waals surface area (Å²) < 4.78 is 0. The molecule has 0 aromatic rings. The van der Waals surface area contributed by atoms with E-state index >= 15 is 0 Å². The summed E-state index contributed by atoms with van der Waals surface area (Å²) >= 11 is 0. The maximum absolute atomic E-state index is 12.1. The molecule has 2 rings (SSSR count). The monoisotopic (exact) mass is 238 g/mol. The molecule has 3 nitrogen and oxygen atoms in total. The second-order valence-electron chi connectivity index (χ2n) is 5.80. The van der Waals surface area contributed by atoms with Gasteiger partial charge in [0.25, 0.3) is 0 Å². The average molecular weight is 238 g/mol. The fraction of sp³-hybridized carbons (Fsp3) is 0.929. The number of piperidine rings is 2. The van der Waals surface area contributed by atoms with Gasteiger partial charge in [-0.25, -0.2) is 0 Å². The first-order valence-corrected chi connectivity index (χ1v) is 7.22. The van der Waals surface area contributed by atoms with Crippen molar-refractivity contribution in [2.24, 2.45) is 11.8 Å². The summed E-state index contributed by atoms with van der Waals surface area (Å²) in [6.07, 6.45) is 5.46. The van der Waals surface area contributed by atoms with Crippen LogP contribution in [0, 0.1) is 11.8 Å². The van der Waals surface area contributed by atoms with Crippen molar-refractivity contribution in [2.45, 2.75) is 52.0 Å². The van der Waals surface area contributed by atoms with Crippen molar-refractivity contribution in [1.29, 1.82) is 0 Å². The first-order chi connectivity index (χ1) is 8.22. The minimum Gasteiger partial charge on any atom is -0.339 e. The molecule has 0 radical (unpaired) electrons. The molecule has 2 saturated heterocycles. The maximum Gasteiger partial charge on any atom is 0.222 e. The summed E-state index contributed by atoms with van der Waals surface area (Å²) in [4.78, 5) is 14.3. The topological polar surface area (TPSA) is 32.3 Å². The molecule has 98 valence electrons. The van der Waals surface area contributed by atoms with Crippen LogP contribution in [-0.2, 0) is 4.79 Å². The molecule has 0 aromatic carbocycles. The highest BCUT2D eigenvalue weighted by atomic mass is 16.2. The van der Waals surface area contributed by atoms with Crippen LogP contribution in [0.25, 0.3) is 0 Å². The average Bonchev–Trinajstić information content (AvgIpc) is 2.33. The van der Waals surface area contributed by atoms with Crippen LogP contribution in [0.5, 0.6) is 0 Å². The molecule has 3 heteroatoms. The SMILES string of the molecule is CCCC(C)CN1C(=O)CCC2CNCCC21. The van der Waals surface area contributed by atoms with E-state index in [0.29, 0.717) is 23.8 Å². The minimum absolute atomic E-state index is 0.399. The number of carbonyl (C=O) groups excluding carboxylic acids is 1. The summed E-state index contributed by atoms with van der Waals surface area (Å²) in [6, 6.07) is 0.525. The number of rotatable bonds is 4. The number of likely N-dealkylation sites (tertiary alicyclic amines) is 1. The van der Waals surface area contributed by atoms with Crippen LogP contribution in [0.3, 0.4) is 0 Å². The maximum atomic E-state index is 12.1. The van der Waals surface area contributed by atoms with E-state index in [0.717, 1.165) is 38.9 Å². The zero-order chi connectivity index (χ0) is 12.3. The highest BCUT2D eigenvalue weighted by Crippen LogP contribution is 2.29. The van der Waals surface area contributed by atoms with Crippen LogP contribution in [0.2, 0.25) is 0 Å². The van der Waals surface area contributed by atoms with Crippen molar-refractivity contribution < 1.29 is 4.79 Å². The van der Waals surface area contributed by atoms with Gasteiger partial charge in [0.05, 0.1) is 0 Å². The van der Waals surface area contributed by atoms with Gasteiger partial charge in [-0.05, 0) is 44.2 Å².